The van der Waals surface area contributed by atoms with Crippen LogP contribution in [0.3, 0.4) is 0 Å². The summed E-state index contributed by atoms with van der Waals surface area (Å²) in [6, 6.07) is 10.1. The molecule has 0 unspecified atom stereocenters. The van der Waals surface area contributed by atoms with Gasteiger partial charge >= 0.3 is 0 Å². The number of aromatic nitrogens is 1. The molecule has 2 amide bonds. The summed E-state index contributed by atoms with van der Waals surface area (Å²) in [5.74, 6) is 1.02. The molecule has 3 saturated heterocycles. The number of pyridine rings is 1. The Morgan fingerprint density at radius 1 is 1.03 bits per heavy atom. The molecule has 0 saturated carbocycles. The summed E-state index contributed by atoms with van der Waals surface area (Å²) >= 11 is 0. The van der Waals surface area contributed by atoms with Crippen molar-refractivity contribution in [3.63, 3.8) is 0 Å². The van der Waals surface area contributed by atoms with Gasteiger partial charge in [-0.15, -0.1) is 0 Å². The molecule has 6 heteroatoms. The summed E-state index contributed by atoms with van der Waals surface area (Å²) in [5, 5.41) is 0. The second kappa shape index (κ2) is 8.81. The molecular weight excluding hydrogens is 412 g/mol. The van der Waals surface area contributed by atoms with Crippen LogP contribution in [0, 0.1) is 18.3 Å². The number of benzene rings is 1. The van der Waals surface area contributed by atoms with Crippen molar-refractivity contribution < 1.29 is 9.59 Å². The first-order valence-electron chi connectivity index (χ1n) is 12.3. The van der Waals surface area contributed by atoms with Gasteiger partial charge in [0.2, 0.25) is 5.91 Å². The lowest BCUT2D eigenvalue weighted by Crippen LogP contribution is -2.54. The van der Waals surface area contributed by atoms with Gasteiger partial charge in [-0.25, -0.2) is 0 Å². The lowest BCUT2D eigenvalue weighted by atomic mass is 9.71. The third kappa shape index (κ3) is 4.11. The lowest BCUT2D eigenvalue weighted by molar-refractivity contribution is -0.133. The van der Waals surface area contributed by atoms with Crippen molar-refractivity contribution in [3.05, 3.63) is 53.9 Å². The first-order valence-corrected chi connectivity index (χ1v) is 12.3. The van der Waals surface area contributed by atoms with Crippen molar-refractivity contribution in [2.45, 2.75) is 46.0 Å². The molecule has 4 heterocycles. The Hall–Kier alpha value is -2.89. The smallest absolute Gasteiger partial charge is 0.253 e. The van der Waals surface area contributed by atoms with Crippen molar-refractivity contribution in [2.75, 3.05) is 42.5 Å². The van der Waals surface area contributed by atoms with Gasteiger partial charge in [-0.2, -0.15) is 0 Å². The lowest BCUT2D eigenvalue weighted by Gasteiger charge is -2.46. The van der Waals surface area contributed by atoms with Gasteiger partial charge in [-0.3, -0.25) is 14.6 Å². The Morgan fingerprint density at radius 3 is 2.45 bits per heavy atom. The van der Waals surface area contributed by atoms with E-state index in [-0.39, 0.29) is 17.2 Å². The van der Waals surface area contributed by atoms with Crippen LogP contribution in [0.4, 0.5) is 11.4 Å². The van der Waals surface area contributed by atoms with Crippen LogP contribution in [0.15, 0.2) is 42.7 Å². The molecule has 3 aliphatic heterocycles. The van der Waals surface area contributed by atoms with Crippen LogP contribution in [0.5, 0.6) is 0 Å². The third-order valence-corrected chi connectivity index (χ3v) is 7.93. The molecule has 3 aliphatic rings. The Morgan fingerprint density at radius 2 is 1.79 bits per heavy atom. The molecule has 174 valence electrons. The van der Waals surface area contributed by atoms with Crippen molar-refractivity contribution >= 4 is 23.2 Å². The minimum Gasteiger partial charge on any atom is -0.371 e. The standard InChI is InChI=1S/C27H34N4O2/c1-20-8-15-30(19-20)23-4-5-24(21(2)18-23)31-14-3-9-27(26(31)33)10-16-29(17-11-27)25(32)22-6-12-28-13-7-22/h4-7,12-13,18,20H,3,8-11,14-17,19H2,1-2H3/t20-/m0/s1. The maximum atomic E-state index is 13.8. The Bertz CT molecular complexity index is 1030. The maximum Gasteiger partial charge on any atom is 0.253 e. The molecule has 33 heavy (non-hydrogen) atoms. The summed E-state index contributed by atoms with van der Waals surface area (Å²) in [5.41, 5.74) is 3.81. The highest BCUT2D eigenvalue weighted by molar-refractivity contribution is 6.00. The van der Waals surface area contributed by atoms with Crippen molar-refractivity contribution in [3.8, 4) is 0 Å². The number of carbonyl (C=O) groups excluding carboxylic acids is 2. The predicted octanol–water partition coefficient (Wildman–Crippen LogP) is 4.29. The van der Waals surface area contributed by atoms with E-state index >= 15 is 0 Å². The number of piperidine rings is 2. The fourth-order valence-corrected chi connectivity index (χ4v) is 5.89. The Balaban J connectivity index is 1.29. The molecule has 0 aliphatic carbocycles. The van der Waals surface area contributed by atoms with Crippen LogP contribution in [0.1, 0.15) is 54.9 Å². The number of amides is 2. The van der Waals surface area contributed by atoms with Crippen LogP contribution in [-0.4, -0.2) is 54.4 Å². The number of anilines is 2. The summed E-state index contributed by atoms with van der Waals surface area (Å²) in [6.45, 7) is 8.70. The molecule has 0 radical (unpaired) electrons. The molecule has 3 fully saturated rings. The first kappa shape index (κ1) is 21.9. The van der Waals surface area contributed by atoms with E-state index < -0.39 is 0 Å². The van der Waals surface area contributed by atoms with E-state index in [0.717, 1.165) is 56.9 Å². The molecule has 1 aromatic carbocycles. The monoisotopic (exact) mass is 446 g/mol. The van der Waals surface area contributed by atoms with Gasteiger partial charge in [-0.05, 0) is 80.8 Å². The van der Waals surface area contributed by atoms with Crippen LogP contribution in [-0.2, 0) is 4.79 Å². The van der Waals surface area contributed by atoms with E-state index in [1.54, 1.807) is 24.5 Å². The highest BCUT2D eigenvalue weighted by Gasteiger charge is 2.46. The number of hydrogen-bond acceptors (Lipinski definition) is 4. The van der Waals surface area contributed by atoms with Gasteiger partial charge in [0.05, 0.1) is 5.41 Å². The fourth-order valence-electron chi connectivity index (χ4n) is 5.89. The number of rotatable bonds is 3. The highest BCUT2D eigenvalue weighted by atomic mass is 16.2. The average molecular weight is 447 g/mol. The average Bonchev–Trinajstić information content (AvgIpc) is 3.28. The summed E-state index contributed by atoms with van der Waals surface area (Å²) in [6.07, 6.45) is 7.95. The molecule has 6 nitrogen and oxygen atoms in total. The highest BCUT2D eigenvalue weighted by Crippen LogP contribution is 2.43. The van der Waals surface area contributed by atoms with Gasteiger partial charge in [-0.1, -0.05) is 6.92 Å². The van der Waals surface area contributed by atoms with Crippen LogP contribution in [0.2, 0.25) is 0 Å². The molecule has 1 atom stereocenters. The first-order chi connectivity index (χ1) is 16.0. The number of hydrogen-bond donors (Lipinski definition) is 0. The summed E-state index contributed by atoms with van der Waals surface area (Å²) in [4.78, 5) is 37.0. The minimum absolute atomic E-state index is 0.0371. The molecular formula is C27H34N4O2. The molecule has 0 bridgehead atoms. The van der Waals surface area contributed by atoms with E-state index in [2.05, 4.69) is 41.9 Å². The quantitative estimate of drug-likeness (QED) is 0.706. The molecule has 2 aromatic rings. The molecule has 5 rings (SSSR count). The van der Waals surface area contributed by atoms with E-state index in [9.17, 15) is 9.59 Å². The third-order valence-electron chi connectivity index (χ3n) is 7.93. The van der Waals surface area contributed by atoms with Crippen LogP contribution in [0.25, 0.3) is 0 Å². The van der Waals surface area contributed by atoms with E-state index in [0.29, 0.717) is 18.7 Å². The largest absolute Gasteiger partial charge is 0.371 e. The maximum absolute atomic E-state index is 13.8. The van der Waals surface area contributed by atoms with Crippen molar-refractivity contribution in [1.82, 2.24) is 9.88 Å². The van der Waals surface area contributed by atoms with Gasteiger partial charge in [0.25, 0.3) is 5.91 Å². The zero-order chi connectivity index (χ0) is 23.0. The number of aryl methyl sites for hydroxylation is 1. The van der Waals surface area contributed by atoms with Crippen molar-refractivity contribution in [2.24, 2.45) is 11.3 Å². The molecule has 0 N–H and O–H groups in total. The topological polar surface area (TPSA) is 56.8 Å². The van der Waals surface area contributed by atoms with E-state index in [1.807, 2.05) is 9.80 Å². The van der Waals surface area contributed by atoms with Gasteiger partial charge in [0.1, 0.15) is 0 Å². The SMILES string of the molecule is Cc1cc(N2CC[C@H](C)C2)ccc1N1CCCC2(CCN(C(=O)c3ccncc3)CC2)C1=O. The summed E-state index contributed by atoms with van der Waals surface area (Å²) < 4.78 is 0. The number of likely N-dealkylation sites (tertiary alicyclic amines) is 1. The van der Waals surface area contributed by atoms with Crippen LogP contribution < -0.4 is 9.80 Å². The minimum atomic E-state index is -0.344. The Labute approximate surface area is 196 Å². The normalized spacial score (nSPS) is 22.8. The van der Waals surface area contributed by atoms with Gasteiger partial charge < -0.3 is 14.7 Å². The number of carbonyl (C=O) groups is 2. The van der Waals surface area contributed by atoms with E-state index in [4.69, 9.17) is 0 Å². The predicted molar refractivity (Wildman–Crippen MR) is 131 cm³/mol. The summed E-state index contributed by atoms with van der Waals surface area (Å²) in [7, 11) is 0. The number of nitrogens with zero attached hydrogens (tertiary/aromatic N) is 4. The van der Waals surface area contributed by atoms with Gasteiger partial charge in [0, 0.05) is 62.1 Å². The fraction of sp³-hybridized carbons (Fsp3) is 0.519. The Kier molecular flexibility index (Phi) is 5.85. The van der Waals surface area contributed by atoms with Crippen molar-refractivity contribution in [1.29, 1.82) is 0 Å². The van der Waals surface area contributed by atoms with Crippen LogP contribution >= 0.6 is 0 Å². The zero-order valence-electron chi connectivity index (χ0n) is 19.8. The van der Waals surface area contributed by atoms with Gasteiger partial charge in [0.15, 0.2) is 0 Å². The van der Waals surface area contributed by atoms with E-state index in [1.165, 1.54) is 17.7 Å². The molecule has 1 spiro atoms. The second-order valence-electron chi connectivity index (χ2n) is 10.2. The second-order valence-corrected chi connectivity index (χ2v) is 10.2. The molecule has 1 aromatic heterocycles. The zero-order valence-corrected chi connectivity index (χ0v) is 19.8.